The van der Waals surface area contributed by atoms with Crippen LogP contribution in [0.5, 0.6) is 5.75 Å². The standard InChI is InChI=1S/C24H29FN2O2/c25-20-8-10-21(11-9-20)29-22-12-17-26(18-13-22)14-4-16-27-15-3-6-19-5-1-2-7-23(19)24(27)28/h1-2,5,7-11,22H,3-4,6,12-18H2. The summed E-state index contributed by atoms with van der Waals surface area (Å²) < 4.78 is 19.0. The molecule has 0 bridgehead atoms. The molecule has 0 radical (unpaired) electrons. The second-order valence-corrected chi connectivity index (χ2v) is 8.02. The first-order valence-electron chi connectivity index (χ1n) is 10.7. The fourth-order valence-corrected chi connectivity index (χ4v) is 4.33. The van der Waals surface area contributed by atoms with Gasteiger partial charge in [-0.25, -0.2) is 4.39 Å². The summed E-state index contributed by atoms with van der Waals surface area (Å²) in [7, 11) is 0. The van der Waals surface area contributed by atoms with Crippen LogP contribution >= 0.6 is 0 Å². The van der Waals surface area contributed by atoms with Crippen molar-refractivity contribution in [2.45, 2.75) is 38.2 Å². The maximum Gasteiger partial charge on any atom is 0.254 e. The Hall–Kier alpha value is -2.40. The van der Waals surface area contributed by atoms with Gasteiger partial charge in [0.05, 0.1) is 0 Å². The molecule has 2 aliphatic rings. The van der Waals surface area contributed by atoms with E-state index in [9.17, 15) is 9.18 Å². The molecular weight excluding hydrogens is 367 g/mol. The van der Waals surface area contributed by atoms with Gasteiger partial charge in [-0.2, -0.15) is 0 Å². The Morgan fingerprint density at radius 3 is 2.52 bits per heavy atom. The van der Waals surface area contributed by atoms with E-state index in [-0.39, 0.29) is 17.8 Å². The van der Waals surface area contributed by atoms with Crippen molar-refractivity contribution in [3.8, 4) is 5.75 Å². The van der Waals surface area contributed by atoms with Crippen LogP contribution in [-0.4, -0.2) is 54.5 Å². The van der Waals surface area contributed by atoms with Gasteiger partial charge in [-0.05, 0) is 74.5 Å². The Bertz CT molecular complexity index is 816. The molecule has 1 fully saturated rings. The van der Waals surface area contributed by atoms with Crippen molar-refractivity contribution in [1.29, 1.82) is 0 Å². The number of aryl methyl sites for hydroxylation is 1. The van der Waals surface area contributed by atoms with E-state index in [0.717, 1.165) is 76.1 Å². The van der Waals surface area contributed by atoms with Gasteiger partial charge in [0.1, 0.15) is 17.7 Å². The predicted molar refractivity (Wildman–Crippen MR) is 112 cm³/mol. The largest absolute Gasteiger partial charge is 0.490 e. The number of amides is 1. The number of rotatable bonds is 6. The molecule has 0 spiro atoms. The Kier molecular flexibility index (Phi) is 6.45. The highest BCUT2D eigenvalue weighted by Gasteiger charge is 2.23. The summed E-state index contributed by atoms with van der Waals surface area (Å²) in [6.45, 7) is 4.68. The van der Waals surface area contributed by atoms with E-state index in [2.05, 4.69) is 11.0 Å². The topological polar surface area (TPSA) is 32.8 Å². The highest BCUT2D eigenvalue weighted by molar-refractivity contribution is 5.96. The van der Waals surface area contributed by atoms with Crippen molar-refractivity contribution in [1.82, 2.24) is 9.80 Å². The highest BCUT2D eigenvalue weighted by Crippen LogP contribution is 2.21. The Morgan fingerprint density at radius 1 is 0.966 bits per heavy atom. The molecule has 1 amide bonds. The molecule has 29 heavy (non-hydrogen) atoms. The van der Waals surface area contributed by atoms with E-state index in [1.165, 1.54) is 17.7 Å². The van der Waals surface area contributed by atoms with Crippen LogP contribution in [0.1, 0.15) is 41.6 Å². The van der Waals surface area contributed by atoms with Crippen molar-refractivity contribution < 1.29 is 13.9 Å². The maximum absolute atomic E-state index is 13.0. The second-order valence-electron chi connectivity index (χ2n) is 8.02. The summed E-state index contributed by atoms with van der Waals surface area (Å²) >= 11 is 0. The molecule has 5 heteroatoms. The molecule has 0 atom stereocenters. The Labute approximate surface area is 172 Å². The third-order valence-corrected chi connectivity index (χ3v) is 5.96. The van der Waals surface area contributed by atoms with E-state index in [1.807, 2.05) is 23.1 Å². The van der Waals surface area contributed by atoms with Gasteiger partial charge in [-0.1, -0.05) is 18.2 Å². The maximum atomic E-state index is 13.0. The average molecular weight is 397 g/mol. The molecular formula is C24H29FN2O2. The molecule has 2 aromatic carbocycles. The number of carbonyl (C=O) groups is 1. The number of likely N-dealkylation sites (tertiary alicyclic amines) is 1. The van der Waals surface area contributed by atoms with Crippen LogP contribution in [0.25, 0.3) is 0 Å². The van der Waals surface area contributed by atoms with Gasteiger partial charge in [-0.15, -0.1) is 0 Å². The lowest BCUT2D eigenvalue weighted by atomic mass is 10.0. The lowest BCUT2D eigenvalue weighted by molar-refractivity contribution is 0.0737. The number of piperidine rings is 1. The van der Waals surface area contributed by atoms with Crippen molar-refractivity contribution in [3.63, 3.8) is 0 Å². The zero-order chi connectivity index (χ0) is 20.1. The molecule has 154 valence electrons. The first-order chi connectivity index (χ1) is 14.2. The SMILES string of the molecule is O=C1c2ccccc2CCCN1CCCN1CCC(Oc2ccc(F)cc2)CC1. The molecule has 4 rings (SSSR count). The zero-order valence-electron chi connectivity index (χ0n) is 16.9. The van der Waals surface area contributed by atoms with Crippen molar-refractivity contribution in [2.24, 2.45) is 0 Å². The Balaban J connectivity index is 1.20. The fraction of sp³-hybridized carbons (Fsp3) is 0.458. The molecule has 1 saturated heterocycles. The van der Waals surface area contributed by atoms with E-state index in [0.29, 0.717) is 0 Å². The van der Waals surface area contributed by atoms with E-state index in [1.54, 1.807) is 12.1 Å². The number of hydrogen-bond donors (Lipinski definition) is 0. The van der Waals surface area contributed by atoms with Crippen LogP contribution < -0.4 is 4.74 Å². The monoisotopic (exact) mass is 396 g/mol. The van der Waals surface area contributed by atoms with Gasteiger partial charge in [0.2, 0.25) is 0 Å². The first-order valence-corrected chi connectivity index (χ1v) is 10.7. The summed E-state index contributed by atoms with van der Waals surface area (Å²) in [5.41, 5.74) is 2.06. The quantitative estimate of drug-likeness (QED) is 0.735. The molecule has 2 aromatic rings. The highest BCUT2D eigenvalue weighted by atomic mass is 19.1. The van der Waals surface area contributed by atoms with Crippen LogP contribution in [0.4, 0.5) is 4.39 Å². The second kappa shape index (κ2) is 9.40. The number of nitrogens with zero attached hydrogens (tertiary/aromatic N) is 2. The van der Waals surface area contributed by atoms with Crippen LogP contribution in [0.3, 0.4) is 0 Å². The number of halogens is 1. The minimum absolute atomic E-state index is 0.185. The number of ether oxygens (including phenoxy) is 1. The lowest BCUT2D eigenvalue weighted by Gasteiger charge is -2.32. The van der Waals surface area contributed by atoms with E-state index in [4.69, 9.17) is 4.74 Å². The predicted octanol–water partition coefficient (Wildman–Crippen LogP) is 4.15. The first kappa shape index (κ1) is 19.9. The van der Waals surface area contributed by atoms with Gasteiger partial charge >= 0.3 is 0 Å². The van der Waals surface area contributed by atoms with E-state index < -0.39 is 0 Å². The van der Waals surface area contributed by atoms with Gasteiger partial charge in [0.15, 0.2) is 0 Å². The summed E-state index contributed by atoms with van der Waals surface area (Å²) in [4.78, 5) is 17.3. The summed E-state index contributed by atoms with van der Waals surface area (Å²) in [5.74, 6) is 0.688. The minimum atomic E-state index is -0.237. The van der Waals surface area contributed by atoms with Crippen LogP contribution in [0, 0.1) is 5.82 Å². The van der Waals surface area contributed by atoms with Crippen molar-refractivity contribution >= 4 is 5.91 Å². The van der Waals surface area contributed by atoms with Gasteiger partial charge < -0.3 is 14.5 Å². The zero-order valence-corrected chi connectivity index (χ0v) is 16.9. The fourth-order valence-electron chi connectivity index (χ4n) is 4.33. The van der Waals surface area contributed by atoms with E-state index >= 15 is 0 Å². The number of carbonyl (C=O) groups excluding carboxylic acids is 1. The molecule has 0 aromatic heterocycles. The molecule has 0 aliphatic carbocycles. The molecule has 0 saturated carbocycles. The molecule has 4 nitrogen and oxygen atoms in total. The normalized spacial score (nSPS) is 18.4. The third-order valence-electron chi connectivity index (χ3n) is 5.96. The summed E-state index contributed by atoms with van der Waals surface area (Å²) in [5, 5.41) is 0. The van der Waals surface area contributed by atoms with Crippen LogP contribution in [-0.2, 0) is 6.42 Å². The van der Waals surface area contributed by atoms with Crippen LogP contribution in [0.15, 0.2) is 48.5 Å². The number of benzene rings is 2. The van der Waals surface area contributed by atoms with Crippen LogP contribution in [0.2, 0.25) is 0 Å². The Morgan fingerprint density at radius 2 is 1.72 bits per heavy atom. The van der Waals surface area contributed by atoms with Gasteiger partial charge in [-0.3, -0.25) is 4.79 Å². The smallest absolute Gasteiger partial charge is 0.254 e. The lowest BCUT2D eigenvalue weighted by Crippen LogP contribution is -2.40. The van der Waals surface area contributed by atoms with Crippen molar-refractivity contribution in [3.05, 3.63) is 65.5 Å². The molecule has 2 aliphatic heterocycles. The summed E-state index contributed by atoms with van der Waals surface area (Å²) in [6.07, 6.45) is 5.17. The average Bonchev–Trinajstić information content (AvgIpc) is 2.90. The molecule has 0 N–H and O–H groups in total. The number of hydrogen-bond acceptors (Lipinski definition) is 3. The minimum Gasteiger partial charge on any atom is -0.490 e. The summed E-state index contributed by atoms with van der Waals surface area (Å²) in [6, 6.07) is 14.3. The van der Waals surface area contributed by atoms with Gasteiger partial charge in [0, 0.05) is 31.7 Å². The molecule has 0 unspecified atom stereocenters. The van der Waals surface area contributed by atoms with Crippen molar-refractivity contribution in [2.75, 3.05) is 32.7 Å². The third kappa shape index (κ3) is 5.15. The number of fused-ring (bicyclic) bond motifs is 1. The molecule has 2 heterocycles. The van der Waals surface area contributed by atoms with Gasteiger partial charge in [0.25, 0.3) is 5.91 Å².